The highest BCUT2D eigenvalue weighted by atomic mass is 35.5. The molecule has 2 aromatic carbocycles. The summed E-state index contributed by atoms with van der Waals surface area (Å²) in [7, 11) is 0. The molecule has 1 saturated carbocycles. The topological polar surface area (TPSA) is 79.3 Å². The molecular weight excluding hydrogens is 481 g/mol. The Morgan fingerprint density at radius 2 is 1.83 bits per heavy atom. The molecule has 1 amide bonds. The first-order valence-corrected chi connectivity index (χ1v) is 11.7. The normalized spacial score (nSPS) is 16.5. The van der Waals surface area contributed by atoms with Crippen molar-refractivity contribution in [2.45, 2.75) is 44.2 Å². The summed E-state index contributed by atoms with van der Waals surface area (Å²) in [6, 6.07) is 13.4. The van der Waals surface area contributed by atoms with Crippen LogP contribution in [0.5, 0.6) is 0 Å². The van der Waals surface area contributed by atoms with Gasteiger partial charge >= 0.3 is 12.1 Å². The van der Waals surface area contributed by atoms with Crippen LogP contribution in [0.15, 0.2) is 54.7 Å². The van der Waals surface area contributed by atoms with Crippen LogP contribution in [0.25, 0.3) is 10.8 Å². The van der Waals surface area contributed by atoms with E-state index in [1.54, 1.807) is 36.4 Å². The fourth-order valence-corrected chi connectivity index (χ4v) is 4.57. The van der Waals surface area contributed by atoms with Crippen molar-refractivity contribution in [3.63, 3.8) is 0 Å². The van der Waals surface area contributed by atoms with E-state index in [2.05, 4.69) is 10.3 Å². The van der Waals surface area contributed by atoms with Gasteiger partial charge < -0.3 is 10.4 Å². The average molecular weight is 505 g/mol. The maximum atomic E-state index is 13.8. The summed E-state index contributed by atoms with van der Waals surface area (Å²) in [5.74, 6) is -5.49. The zero-order valence-corrected chi connectivity index (χ0v) is 19.6. The van der Waals surface area contributed by atoms with E-state index < -0.39 is 29.9 Å². The lowest BCUT2D eigenvalue weighted by atomic mass is 9.88. The molecule has 5 nitrogen and oxygen atoms in total. The summed E-state index contributed by atoms with van der Waals surface area (Å²) >= 11 is 6.28. The summed E-state index contributed by atoms with van der Waals surface area (Å²) in [6.45, 7) is 0.954. The maximum absolute atomic E-state index is 13.8. The molecule has 4 rings (SSSR count). The molecular formula is C26H24ClF3N2O3. The van der Waals surface area contributed by atoms with Gasteiger partial charge in [0.1, 0.15) is 0 Å². The number of hydrogen-bond donors (Lipinski definition) is 2. The first kappa shape index (κ1) is 25.0. The van der Waals surface area contributed by atoms with E-state index in [1.807, 2.05) is 0 Å². The number of carbonyl (C=O) groups is 2. The van der Waals surface area contributed by atoms with Gasteiger partial charge in [0.05, 0.1) is 34.7 Å². The Morgan fingerprint density at radius 1 is 1.14 bits per heavy atom. The van der Waals surface area contributed by atoms with Gasteiger partial charge in [0.15, 0.2) is 0 Å². The summed E-state index contributed by atoms with van der Waals surface area (Å²) < 4.78 is 41.3. The second kappa shape index (κ2) is 9.85. The molecule has 3 aromatic rings. The minimum Gasteiger partial charge on any atom is -0.481 e. The largest absolute Gasteiger partial charge is 0.481 e. The fourth-order valence-electron chi connectivity index (χ4n) is 4.40. The molecule has 35 heavy (non-hydrogen) atoms. The van der Waals surface area contributed by atoms with Crippen molar-refractivity contribution in [2.75, 3.05) is 5.32 Å². The zero-order valence-electron chi connectivity index (χ0n) is 18.8. The predicted octanol–water partition coefficient (Wildman–Crippen LogP) is 6.78. The number of pyridine rings is 1. The molecule has 1 aliphatic rings. The highest BCUT2D eigenvalue weighted by Gasteiger charge is 2.45. The Kier molecular flexibility index (Phi) is 7.03. The number of nitrogens with zero attached hydrogens (tertiary/aromatic N) is 1. The van der Waals surface area contributed by atoms with E-state index >= 15 is 0 Å². The monoisotopic (exact) mass is 504 g/mol. The number of aromatic nitrogens is 1. The Hall–Kier alpha value is -3.13. The summed E-state index contributed by atoms with van der Waals surface area (Å²) in [4.78, 5) is 28.8. The second-order valence-corrected chi connectivity index (χ2v) is 9.44. The Bertz CT molecular complexity index is 1260. The Labute approximate surface area is 205 Å². The smallest absolute Gasteiger partial charge is 0.392 e. The predicted molar refractivity (Wildman–Crippen MR) is 128 cm³/mol. The maximum Gasteiger partial charge on any atom is 0.392 e. The number of alkyl halides is 3. The molecule has 0 aliphatic heterocycles. The SMILES string of the molecule is C[C@H](C(C(=O)Nc1cc([C@@H](CC(=O)O)C2CC2)ccc1Cl)c1cc2ccccc2cn1)C(F)(F)F. The Balaban J connectivity index is 1.68. The lowest BCUT2D eigenvalue weighted by Gasteiger charge is -2.25. The van der Waals surface area contributed by atoms with Crippen molar-refractivity contribution in [3.8, 4) is 0 Å². The van der Waals surface area contributed by atoms with Crippen LogP contribution in [0.4, 0.5) is 18.9 Å². The lowest BCUT2D eigenvalue weighted by molar-refractivity contribution is -0.178. The summed E-state index contributed by atoms with van der Waals surface area (Å²) in [6.07, 6.45) is -1.45. The number of carboxylic acid groups (broad SMARTS) is 1. The summed E-state index contributed by atoms with van der Waals surface area (Å²) in [5, 5.41) is 13.4. The van der Waals surface area contributed by atoms with E-state index in [4.69, 9.17) is 11.6 Å². The van der Waals surface area contributed by atoms with Crippen molar-refractivity contribution in [3.05, 3.63) is 71.0 Å². The van der Waals surface area contributed by atoms with Crippen molar-refractivity contribution in [1.29, 1.82) is 0 Å². The van der Waals surface area contributed by atoms with E-state index in [9.17, 15) is 27.9 Å². The molecule has 1 aliphatic carbocycles. The van der Waals surface area contributed by atoms with Gasteiger partial charge in [-0.15, -0.1) is 0 Å². The number of carbonyl (C=O) groups excluding carboxylic acids is 1. The standard InChI is InChI=1S/C26H24ClF3N2O3/c1-14(26(28,29)30)24(22-10-16-4-2-3-5-18(16)13-31-22)25(35)32-21-11-17(8-9-20(21)27)19(12-23(33)34)15-6-7-15/h2-5,8-11,13-15,19,24H,6-7,12H2,1H3,(H,32,35)(H,33,34)/t14-,19+,24?/m1/s1. The second-order valence-electron chi connectivity index (χ2n) is 9.03. The number of amides is 1. The van der Waals surface area contributed by atoms with Crippen LogP contribution < -0.4 is 5.32 Å². The van der Waals surface area contributed by atoms with Crippen LogP contribution in [0.3, 0.4) is 0 Å². The number of fused-ring (bicyclic) bond motifs is 1. The minimum absolute atomic E-state index is 0.0000335. The molecule has 1 unspecified atom stereocenters. The molecule has 0 bridgehead atoms. The Morgan fingerprint density at radius 3 is 2.46 bits per heavy atom. The van der Waals surface area contributed by atoms with Gasteiger partial charge in [-0.05, 0) is 53.8 Å². The molecule has 0 radical (unpaired) electrons. The van der Waals surface area contributed by atoms with Crippen molar-refractivity contribution in [1.82, 2.24) is 4.98 Å². The number of anilines is 1. The van der Waals surface area contributed by atoms with Gasteiger partial charge in [-0.25, -0.2) is 0 Å². The molecule has 2 N–H and O–H groups in total. The van der Waals surface area contributed by atoms with Gasteiger partial charge in [0.2, 0.25) is 5.91 Å². The number of halogens is 4. The van der Waals surface area contributed by atoms with Gasteiger partial charge in [-0.3, -0.25) is 14.6 Å². The molecule has 9 heteroatoms. The third kappa shape index (κ3) is 5.75. The van der Waals surface area contributed by atoms with Crippen molar-refractivity contribution >= 4 is 39.9 Å². The van der Waals surface area contributed by atoms with E-state index in [0.29, 0.717) is 10.9 Å². The summed E-state index contributed by atoms with van der Waals surface area (Å²) in [5.41, 5.74) is 0.823. The molecule has 1 fully saturated rings. The lowest BCUT2D eigenvalue weighted by Crippen LogP contribution is -2.35. The molecule has 1 heterocycles. The third-order valence-corrected chi connectivity index (χ3v) is 6.86. The first-order valence-electron chi connectivity index (χ1n) is 11.3. The van der Waals surface area contributed by atoms with Gasteiger partial charge in [-0.2, -0.15) is 13.2 Å². The highest BCUT2D eigenvalue weighted by Crippen LogP contribution is 2.46. The van der Waals surface area contributed by atoms with Gasteiger partial charge in [0, 0.05) is 11.6 Å². The fraction of sp³-hybridized carbons (Fsp3) is 0.346. The third-order valence-electron chi connectivity index (χ3n) is 6.53. The van der Waals surface area contributed by atoms with Crippen LogP contribution >= 0.6 is 11.6 Å². The van der Waals surface area contributed by atoms with E-state index in [-0.39, 0.29) is 34.7 Å². The van der Waals surface area contributed by atoms with Crippen LogP contribution in [0.1, 0.15) is 49.3 Å². The number of nitrogens with one attached hydrogen (secondary N) is 1. The van der Waals surface area contributed by atoms with E-state index in [1.165, 1.54) is 18.3 Å². The van der Waals surface area contributed by atoms with Crippen LogP contribution in [-0.4, -0.2) is 28.1 Å². The number of hydrogen-bond acceptors (Lipinski definition) is 3. The van der Waals surface area contributed by atoms with Crippen LogP contribution in [0.2, 0.25) is 5.02 Å². The quantitative estimate of drug-likeness (QED) is 0.354. The number of benzene rings is 2. The first-order chi connectivity index (χ1) is 16.5. The number of aliphatic carboxylic acids is 1. The average Bonchev–Trinajstić information content (AvgIpc) is 3.64. The number of rotatable bonds is 8. The van der Waals surface area contributed by atoms with E-state index in [0.717, 1.165) is 25.2 Å². The molecule has 184 valence electrons. The van der Waals surface area contributed by atoms with Crippen LogP contribution in [0, 0.1) is 11.8 Å². The van der Waals surface area contributed by atoms with Gasteiger partial charge in [0.25, 0.3) is 0 Å². The number of carboxylic acids is 1. The minimum atomic E-state index is -4.64. The van der Waals surface area contributed by atoms with Gasteiger partial charge in [-0.1, -0.05) is 48.9 Å². The zero-order chi connectivity index (χ0) is 25.3. The molecule has 0 spiro atoms. The molecule has 3 atom stereocenters. The molecule has 0 saturated heterocycles. The van der Waals surface area contributed by atoms with Crippen LogP contribution in [-0.2, 0) is 9.59 Å². The van der Waals surface area contributed by atoms with Crippen molar-refractivity contribution < 1.29 is 27.9 Å². The molecule has 1 aromatic heterocycles. The highest BCUT2D eigenvalue weighted by molar-refractivity contribution is 6.33. The van der Waals surface area contributed by atoms with Crippen molar-refractivity contribution in [2.24, 2.45) is 11.8 Å².